The molecule has 0 saturated carbocycles. The van der Waals surface area contributed by atoms with Gasteiger partial charge in [0.2, 0.25) is 0 Å². The summed E-state index contributed by atoms with van der Waals surface area (Å²) >= 11 is 0. The van der Waals surface area contributed by atoms with Gasteiger partial charge in [0, 0.05) is 11.9 Å². The first-order valence-electron chi connectivity index (χ1n) is 6.32. The molecule has 1 heteroatoms. The Morgan fingerprint density at radius 3 is 2.67 bits per heavy atom. The van der Waals surface area contributed by atoms with Crippen molar-refractivity contribution in [3.63, 3.8) is 0 Å². The van der Waals surface area contributed by atoms with Crippen molar-refractivity contribution < 1.29 is 0 Å². The second kappa shape index (κ2) is 4.78. The van der Waals surface area contributed by atoms with Crippen LogP contribution in [0.4, 0.5) is 0 Å². The standard InChI is InChI=1S/C14H21N/c1-3-11(4-2)13-9-12-7-5-6-8-14(12)15-10-13/h9-11H,3-8H2,1-2H3. The molecule has 0 bridgehead atoms. The van der Waals surface area contributed by atoms with E-state index in [1.54, 1.807) is 0 Å². The van der Waals surface area contributed by atoms with E-state index in [-0.39, 0.29) is 0 Å². The number of pyridine rings is 1. The highest BCUT2D eigenvalue weighted by Gasteiger charge is 2.13. The normalized spacial score (nSPS) is 15.4. The molecule has 1 aliphatic rings. The summed E-state index contributed by atoms with van der Waals surface area (Å²) in [5, 5.41) is 0. The number of aromatic nitrogens is 1. The molecule has 0 unspecified atom stereocenters. The van der Waals surface area contributed by atoms with Crippen LogP contribution in [0.2, 0.25) is 0 Å². The minimum absolute atomic E-state index is 0.713. The Balaban J connectivity index is 2.27. The van der Waals surface area contributed by atoms with Gasteiger partial charge in [-0.15, -0.1) is 0 Å². The lowest BCUT2D eigenvalue weighted by atomic mass is 9.90. The Morgan fingerprint density at radius 2 is 1.93 bits per heavy atom. The maximum absolute atomic E-state index is 4.64. The molecule has 1 nitrogen and oxygen atoms in total. The van der Waals surface area contributed by atoms with E-state index in [2.05, 4.69) is 31.1 Å². The van der Waals surface area contributed by atoms with Crippen molar-refractivity contribution in [2.45, 2.75) is 58.3 Å². The minimum atomic E-state index is 0.713. The zero-order valence-electron chi connectivity index (χ0n) is 9.92. The fraction of sp³-hybridized carbons (Fsp3) is 0.643. The second-order valence-electron chi connectivity index (χ2n) is 4.59. The van der Waals surface area contributed by atoms with Crippen molar-refractivity contribution in [2.75, 3.05) is 0 Å². The predicted molar refractivity (Wildman–Crippen MR) is 64.2 cm³/mol. The lowest BCUT2D eigenvalue weighted by Gasteiger charge is -2.18. The van der Waals surface area contributed by atoms with E-state index >= 15 is 0 Å². The van der Waals surface area contributed by atoms with Crippen molar-refractivity contribution in [3.8, 4) is 0 Å². The van der Waals surface area contributed by atoms with Crippen molar-refractivity contribution in [1.29, 1.82) is 0 Å². The highest BCUT2D eigenvalue weighted by molar-refractivity contribution is 5.29. The first-order chi connectivity index (χ1) is 7.35. The summed E-state index contributed by atoms with van der Waals surface area (Å²) in [5.41, 5.74) is 4.34. The molecule has 1 aromatic heterocycles. The van der Waals surface area contributed by atoms with Crippen LogP contribution in [0.3, 0.4) is 0 Å². The van der Waals surface area contributed by atoms with Gasteiger partial charge in [-0.25, -0.2) is 0 Å². The van der Waals surface area contributed by atoms with E-state index in [1.807, 2.05) is 0 Å². The second-order valence-corrected chi connectivity index (χ2v) is 4.59. The number of hydrogen-bond acceptors (Lipinski definition) is 1. The maximum Gasteiger partial charge on any atom is 0.0435 e. The van der Waals surface area contributed by atoms with Gasteiger partial charge < -0.3 is 0 Å². The topological polar surface area (TPSA) is 12.9 Å². The van der Waals surface area contributed by atoms with Crippen molar-refractivity contribution in [2.24, 2.45) is 0 Å². The lowest BCUT2D eigenvalue weighted by Crippen LogP contribution is -2.07. The molecule has 0 amide bonds. The fourth-order valence-corrected chi connectivity index (χ4v) is 2.59. The van der Waals surface area contributed by atoms with Crippen molar-refractivity contribution in [1.82, 2.24) is 4.98 Å². The zero-order chi connectivity index (χ0) is 10.7. The van der Waals surface area contributed by atoms with Crippen molar-refractivity contribution >= 4 is 0 Å². The van der Waals surface area contributed by atoms with Crippen LogP contribution in [0.5, 0.6) is 0 Å². The van der Waals surface area contributed by atoms with Crippen LogP contribution >= 0.6 is 0 Å². The monoisotopic (exact) mass is 203 g/mol. The third kappa shape index (κ3) is 2.22. The number of hydrogen-bond donors (Lipinski definition) is 0. The van der Waals surface area contributed by atoms with E-state index < -0.39 is 0 Å². The van der Waals surface area contributed by atoms with Gasteiger partial charge in [0.25, 0.3) is 0 Å². The van der Waals surface area contributed by atoms with Gasteiger partial charge in [-0.2, -0.15) is 0 Å². The summed E-state index contributed by atoms with van der Waals surface area (Å²) in [6.07, 6.45) is 9.69. The predicted octanol–water partition coefficient (Wildman–Crippen LogP) is 3.86. The van der Waals surface area contributed by atoms with Gasteiger partial charge in [0.15, 0.2) is 0 Å². The summed E-state index contributed by atoms with van der Waals surface area (Å²) in [5.74, 6) is 0.713. The largest absolute Gasteiger partial charge is 0.261 e. The molecule has 0 aliphatic heterocycles. The molecular weight excluding hydrogens is 182 g/mol. The smallest absolute Gasteiger partial charge is 0.0435 e. The van der Waals surface area contributed by atoms with Crippen LogP contribution in [0.25, 0.3) is 0 Å². The minimum Gasteiger partial charge on any atom is -0.261 e. The lowest BCUT2D eigenvalue weighted by molar-refractivity contribution is 0.625. The average molecular weight is 203 g/mol. The molecule has 1 aliphatic carbocycles. The molecule has 1 aromatic rings. The number of rotatable bonds is 3. The van der Waals surface area contributed by atoms with E-state index in [4.69, 9.17) is 0 Å². The van der Waals surface area contributed by atoms with E-state index in [0.29, 0.717) is 5.92 Å². The summed E-state index contributed by atoms with van der Waals surface area (Å²) in [7, 11) is 0. The van der Waals surface area contributed by atoms with Crippen LogP contribution in [0, 0.1) is 0 Å². The van der Waals surface area contributed by atoms with E-state index in [0.717, 1.165) is 0 Å². The number of nitrogens with zero attached hydrogens (tertiary/aromatic N) is 1. The molecule has 0 N–H and O–H groups in total. The molecule has 82 valence electrons. The number of fused-ring (bicyclic) bond motifs is 1. The molecule has 0 saturated heterocycles. The molecule has 1 heterocycles. The third-order valence-electron chi connectivity index (χ3n) is 3.65. The summed E-state index contributed by atoms with van der Waals surface area (Å²) in [6.45, 7) is 4.54. The van der Waals surface area contributed by atoms with Gasteiger partial charge in [0.1, 0.15) is 0 Å². The number of aryl methyl sites for hydroxylation is 2. The van der Waals surface area contributed by atoms with Gasteiger partial charge >= 0.3 is 0 Å². The van der Waals surface area contributed by atoms with E-state index in [1.165, 1.54) is 55.3 Å². The van der Waals surface area contributed by atoms with Crippen LogP contribution in [0.1, 0.15) is 62.3 Å². The highest BCUT2D eigenvalue weighted by Crippen LogP contribution is 2.26. The van der Waals surface area contributed by atoms with Crippen LogP contribution in [-0.4, -0.2) is 4.98 Å². The van der Waals surface area contributed by atoms with Gasteiger partial charge in [0.05, 0.1) is 0 Å². The summed E-state index contributed by atoms with van der Waals surface area (Å²) in [4.78, 5) is 4.64. The molecule has 0 spiro atoms. The maximum atomic E-state index is 4.64. The van der Waals surface area contributed by atoms with Gasteiger partial charge in [-0.05, 0) is 55.6 Å². The Morgan fingerprint density at radius 1 is 1.20 bits per heavy atom. The molecule has 2 rings (SSSR count). The van der Waals surface area contributed by atoms with Gasteiger partial charge in [-0.3, -0.25) is 4.98 Å². The zero-order valence-corrected chi connectivity index (χ0v) is 9.92. The molecule has 0 atom stereocenters. The Kier molecular flexibility index (Phi) is 3.40. The third-order valence-corrected chi connectivity index (χ3v) is 3.65. The average Bonchev–Trinajstić information content (AvgIpc) is 2.30. The van der Waals surface area contributed by atoms with Crippen LogP contribution < -0.4 is 0 Å². The first-order valence-corrected chi connectivity index (χ1v) is 6.32. The van der Waals surface area contributed by atoms with Crippen molar-refractivity contribution in [3.05, 3.63) is 29.1 Å². The summed E-state index contributed by atoms with van der Waals surface area (Å²) in [6, 6.07) is 2.42. The van der Waals surface area contributed by atoms with Gasteiger partial charge in [-0.1, -0.05) is 19.9 Å². The molecular formula is C14H21N. The summed E-state index contributed by atoms with van der Waals surface area (Å²) < 4.78 is 0. The Hall–Kier alpha value is -0.850. The Labute approximate surface area is 92.9 Å². The molecule has 0 aromatic carbocycles. The van der Waals surface area contributed by atoms with E-state index in [9.17, 15) is 0 Å². The molecule has 0 radical (unpaired) electrons. The van der Waals surface area contributed by atoms with Crippen LogP contribution in [-0.2, 0) is 12.8 Å². The molecule has 0 fully saturated rings. The quantitative estimate of drug-likeness (QED) is 0.727. The Bertz CT molecular complexity index is 326. The first kappa shape index (κ1) is 10.7. The SMILES string of the molecule is CCC(CC)c1cnc2c(c1)CCCC2. The van der Waals surface area contributed by atoms with Crippen LogP contribution in [0.15, 0.2) is 12.3 Å². The highest BCUT2D eigenvalue weighted by atomic mass is 14.7. The fourth-order valence-electron chi connectivity index (χ4n) is 2.59. The molecule has 15 heavy (non-hydrogen) atoms.